The summed E-state index contributed by atoms with van der Waals surface area (Å²) < 4.78 is 18.7. The van der Waals surface area contributed by atoms with E-state index in [4.69, 9.17) is 19.0 Å². The summed E-state index contributed by atoms with van der Waals surface area (Å²) >= 11 is 3.46. The van der Waals surface area contributed by atoms with E-state index in [9.17, 15) is 9.59 Å². The van der Waals surface area contributed by atoms with Gasteiger partial charge in [-0.2, -0.15) is 9.78 Å². The van der Waals surface area contributed by atoms with E-state index < -0.39 is 12.6 Å². The molecular formula is C27H20BrN3O6. The first-order valence-corrected chi connectivity index (χ1v) is 12.1. The number of carboxylic acids is 1. The Morgan fingerprint density at radius 1 is 1.11 bits per heavy atom. The van der Waals surface area contributed by atoms with E-state index in [1.54, 1.807) is 37.3 Å². The fourth-order valence-electron chi connectivity index (χ4n) is 3.77. The molecule has 10 heteroatoms. The summed E-state index contributed by atoms with van der Waals surface area (Å²) in [5, 5.41) is 14.7. The zero-order chi connectivity index (χ0) is 25.9. The maximum absolute atomic E-state index is 13.5. The van der Waals surface area contributed by atoms with Crippen LogP contribution in [0.4, 0.5) is 0 Å². The van der Waals surface area contributed by atoms with Crippen molar-refractivity contribution in [2.45, 2.75) is 6.92 Å². The van der Waals surface area contributed by atoms with Gasteiger partial charge in [0.2, 0.25) is 5.82 Å². The van der Waals surface area contributed by atoms with Crippen molar-refractivity contribution < 1.29 is 23.8 Å². The van der Waals surface area contributed by atoms with Crippen molar-refractivity contribution in [2.75, 3.05) is 13.2 Å². The fourth-order valence-corrected chi connectivity index (χ4v) is 4.20. The largest absolute Gasteiger partial charge is 0.490 e. The topological polar surface area (TPSA) is 116 Å². The number of fused-ring (bicyclic) bond motifs is 2. The molecular weight excluding hydrogens is 542 g/mol. The molecule has 0 aliphatic carbocycles. The molecule has 0 unspecified atom stereocenters. The molecule has 186 valence electrons. The molecule has 5 rings (SSSR count). The lowest BCUT2D eigenvalue weighted by molar-refractivity contribution is -0.139. The molecule has 0 saturated carbocycles. The van der Waals surface area contributed by atoms with Crippen LogP contribution in [0.2, 0.25) is 0 Å². The highest BCUT2D eigenvalue weighted by molar-refractivity contribution is 9.10. The minimum atomic E-state index is -1.11. The second-order valence-corrected chi connectivity index (χ2v) is 8.75. The maximum atomic E-state index is 13.5. The van der Waals surface area contributed by atoms with Crippen LogP contribution < -0.4 is 15.0 Å². The van der Waals surface area contributed by atoms with Gasteiger partial charge in [0.15, 0.2) is 23.9 Å². The number of carbonyl (C=O) groups is 1. The Morgan fingerprint density at radius 2 is 1.86 bits per heavy atom. The quantitative estimate of drug-likeness (QED) is 0.255. The highest BCUT2D eigenvalue weighted by Crippen LogP contribution is 2.33. The highest BCUT2D eigenvalue weighted by atomic mass is 79.9. The third kappa shape index (κ3) is 4.96. The van der Waals surface area contributed by atoms with Gasteiger partial charge in [0.1, 0.15) is 5.58 Å². The van der Waals surface area contributed by atoms with Crippen LogP contribution >= 0.6 is 15.9 Å². The Morgan fingerprint density at radius 3 is 2.65 bits per heavy atom. The average molecular weight is 562 g/mol. The van der Waals surface area contributed by atoms with Crippen LogP contribution in [-0.2, 0) is 4.79 Å². The number of halogens is 1. The van der Waals surface area contributed by atoms with Crippen LogP contribution in [-0.4, -0.2) is 40.2 Å². The number of rotatable bonds is 8. The molecule has 2 aromatic heterocycles. The maximum Gasteiger partial charge on any atom is 0.341 e. The molecule has 0 aliphatic heterocycles. The van der Waals surface area contributed by atoms with Gasteiger partial charge in [-0.3, -0.25) is 4.79 Å². The molecule has 0 amide bonds. The molecule has 0 atom stereocenters. The number of hydrogen-bond acceptors (Lipinski definition) is 7. The Labute approximate surface area is 218 Å². The number of nitrogens with zero attached hydrogens (tertiary/aromatic N) is 3. The highest BCUT2D eigenvalue weighted by Gasteiger charge is 2.17. The molecule has 0 aliphatic rings. The molecule has 0 saturated heterocycles. The van der Waals surface area contributed by atoms with Gasteiger partial charge in [-0.05, 0) is 59.3 Å². The Bertz CT molecular complexity index is 1690. The summed E-state index contributed by atoms with van der Waals surface area (Å²) in [6.45, 7) is 1.63. The SMILES string of the molecule is CCOc1cc(C=Nn2c(-c3cc4ccccc4o3)nc3ccccc3c2=O)c(Br)cc1OCC(=O)O. The van der Waals surface area contributed by atoms with Gasteiger partial charge in [0, 0.05) is 15.4 Å². The Hall–Kier alpha value is -4.44. The predicted octanol–water partition coefficient (Wildman–Crippen LogP) is 5.32. The Kier molecular flexibility index (Phi) is 6.74. The van der Waals surface area contributed by atoms with Gasteiger partial charge in [0.05, 0.1) is 23.7 Å². The summed E-state index contributed by atoms with van der Waals surface area (Å²) in [5.74, 6) is 0.146. The first-order valence-electron chi connectivity index (χ1n) is 11.3. The van der Waals surface area contributed by atoms with E-state index in [0.29, 0.717) is 44.6 Å². The molecule has 37 heavy (non-hydrogen) atoms. The third-order valence-corrected chi connectivity index (χ3v) is 6.11. The van der Waals surface area contributed by atoms with E-state index in [1.807, 2.05) is 36.4 Å². The molecule has 3 aromatic carbocycles. The second-order valence-electron chi connectivity index (χ2n) is 7.90. The van der Waals surface area contributed by atoms with Crippen LogP contribution in [0.5, 0.6) is 11.5 Å². The normalized spacial score (nSPS) is 11.4. The van der Waals surface area contributed by atoms with E-state index in [1.165, 1.54) is 10.9 Å². The van der Waals surface area contributed by atoms with E-state index >= 15 is 0 Å². The Balaban J connectivity index is 1.63. The minimum Gasteiger partial charge on any atom is -0.490 e. The van der Waals surface area contributed by atoms with Gasteiger partial charge >= 0.3 is 5.97 Å². The molecule has 0 bridgehead atoms. The van der Waals surface area contributed by atoms with E-state index in [-0.39, 0.29) is 17.1 Å². The molecule has 0 radical (unpaired) electrons. The molecule has 9 nitrogen and oxygen atoms in total. The lowest BCUT2D eigenvalue weighted by atomic mass is 10.2. The van der Waals surface area contributed by atoms with Crippen molar-refractivity contribution in [3.05, 3.63) is 87.1 Å². The number of ether oxygens (including phenoxy) is 2. The van der Waals surface area contributed by atoms with Crippen molar-refractivity contribution in [3.8, 4) is 23.1 Å². The van der Waals surface area contributed by atoms with Gasteiger partial charge < -0.3 is 19.0 Å². The zero-order valence-corrected chi connectivity index (χ0v) is 21.1. The van der Waals surface area contributed by atoms with Crippen molar-refractivity contribution in [1.82, 2.24) is 9.66 Å². The minimum absolute atomic E-state index is 0.249. The fraction of sp³-hybridized carbons (Fsp3) is 0.111. The van der Waals surface area contributed by atoms with Crippen molar-refractivity contribution in [2.24, 2.45) is 5.10 Å². The number of hydrogen-bond donors (Lipinski definition) is 1. The van der Waals surface area contributed by atoms with E-state index in [2.05, 4.69) is 26.0 Å². The number of aromatic nitrogens is 2. The first-order chi connectivity index (χ1) is 17.9. The lowest BCUT2D eigenvalue weighted by Crippen LogP contribution is -2.20. The van der Waals surface area contributed by atoms with Gasteiger partial charge in [0.25, 0.3) is 5.56 Å². The van der Waals surface area contributed by atoms with Crippen molar-refractivity contribution in [1.29, 1.82) is 0 Å². The van der Waals surface area contributed by atoms with Gasteiger partial charge in [-0.15, -0.1) is 0 Å². The lowest BCUT2D eigenvalue weighted by Gasteiger charge is -2.13. The standard InChI is InChI=1S/C27H20BrN3O6/c1-2-35-22-12-17(19(28)13-23(22)36-15-25(32)33)14-29-31-26(24-11-16-7-3-6-10-21(16)37-24)30-20-9-5-4-8-18(20)27(31)34/h3-14H,2,15H2,1H3,(H,32,33). The zero-order valence-electron chi connectivity index (χ0n) is 19.6. The van der Waals surface area contributed by atoms with Crippen LogP contribution in [0.3, 0.4) is 0 Å². The van der Waals surface area contributed by atoms with Gasteiger partial charge in [-0.1, -0.05) is 30.3 Å². The number of benzene rings is 3. The summed E-state index contributed by atoms with van der Waals surface area (Å²) in [4.78, 5) is 29.1. The number of carboxylic acid groups (broad SMARTS) is 1. The summed E-state index contributed by atoms with van der Waals surface area (Å²) in [5.41, 5.74) is 1.40. The van der Waals surface area contributed by atoms with E-state index in [0.717, 1.165) is 5.39 Å². The van der Waals surface area contributed by atoms with Crippen LogP contribution in [0.1, 0.15) is 12.5 Å². The molecule has 0 spiro atoms. The molecule has 5 aromatic rings. The van der Waals surface area contributed by atoms with Crippen LogP contribution in [0.15, 0.2) is 85.5 Å². The molecule has 0 fully saturated rings. The molecule has 2 heterocycles. The third-order valence-electron chi connectivity index (χ3n) is 5.43. The summed E-state index contributed by atoms with van der Waals surface area (Å²) in [7, 11) is 0. The number of para-hydroxylation sites is 2. The van der Waals surface area contributed by atoms with Gasteiger partial charge in [-0.25, -0.2) is 9.78 Å². The van der Waals surface area contributed by atoms with Crippen molar-refractivity contribution in [3.63, 3.8) is 0 Å². The van der Waals surface area contributed by atoms with Crippen LogP contribution in [0, 0.1) is 0 Å². The number of furan rings is 1. The smallest absolute Gasteiger partial charge is 0.341 e. The summed E-state index contributed by atoms with van der Waals surface area (Å²) in [6, 6.07) is 19.6. The number of aliphatic carboxylic acids is 1. The predicted molar refractivity (Wildman–Crippen MR) is 143 cm³/mol. The average Bonchev–Trinajstić information content (AvgIpc) is 3.33. The summed E-state index contributed by atoms with van der Waals surface area (Å²) in [6.07, 6.45) is 1.48. The molecule has 1 N–H and O–H groups in total. The van der Waals surface area contributed by atoms with Crippen LogP contribution in [0.25, 0.3) is 33.5 Å². The van der Waals surface area contributed by atoms with Crippen molar-refractivity contribution >= 4 is 50.0 Å². The second kappa shape index (κ2) is 10.3. The monoisotopic (exact) mass is 561 g/mol. The first kappa shape index (κ1) is 24.3.